The molecule has 0 aliphatic rings. The molecule has 0 aromatic rings. The average molecular weight is 166 g/mol. The van der Waals surface area contributed by atoms with E-state index in [2.05, 4.69) is 11.4 Å². The van der Waals surface area contributed by atoms with Crippen molar-refractivity contribution in [2.75, 3.05) is 13.2 Å². The predicted molar refractivity (Wildman–Crippen MR) is 30.5 cm³/mol. The molecule has 0 heterocycles. The zero-order valence-corrected chi connectivity index (χ0v) is 6.59. The van der Waals surface area contributed by atoms with Crippen LogP contribution in [-0.4, -0.2) is 33.3 Å². The van der Waals surface area contributed by atoms with Gasteiger partial charge in [0.15, 0.2) is 0 Å². The zero-order chi connectivity index (χ0) is 5.70. The first kappa shape index (κ1) is 7.48. The molecule has 0 atom stereocenters. The van der Waals surface area contributed by atoms with Crippen molar-refractivity contribution in [1.29, 1.82) is 0 Å². The molecular formula is C4H11AsO2. The molecular weight excluding hydrogens is 155 g/mol. The second-order valence-corrected chi connectivity index (χ2v) is 5.32. The zero-order valence-electron chi connectivity index (χ0n) is 4.72. The Kier molecular flexibility index (Phi) is 4.95. The van der Waals surface area contributed by atoms with Crippen LogP contribution in [0.2, 0.25) is 11.4 Å². The molecule has 0 radical (unpaired) electrons. The Balaban J connectivity index is 2.68. The van der Waals surface area contributed by atoms with Crippen LogP contribution in [-0.2, 0) is 3.73 Å². The fourth-order valence-corrected chi connectivity index (χ4v) is 1.16. The van der Waals surface area contributed by atoms with E-state index >= 15 is 0 Å². The Morgan fingerprint density at radius 3 is 2.29 bits per heavy atom. The van der Waals surface area contributed by atoms with Gasteiger partial charge in [0.25, 0.3) is 0 Å². The molecule has 3 heteroatoms. The minimum atomic E-state index is -0.903. The standard InChI is InChI=1S/C4H11AsO2/c1-5(2)7-4-3-6/h6H,3-4H2,1-2H3. The molecule has 0 saturated carbocycles. The topological polar surface area (TPSA) is 29.5 Å². The number of hydrogen-bond donors (Lipinski definition) is 1. The third-order valence-corrected chi connectivity index (χ3v) is 1.91. The molecule has 44 valence electrons. The fourth-order valence-electron chi connectivity index (χ4n) is 0.223. The van der Waals surface area contributed by atoms with Gasteiger partial charge in [-0.15, -0.1) is 0 Å². The van der Waals surface area contributed by atoms with Crippen molar-refractivity contribution >= 4 is 15.0 Å². The summed E-state index contributed by atoms with van der Waals surface area (Å²) in [7, 11) is 0. The van der Waals surface area contributed by atoms with E-state index in [-0.39, 0.29) is 6.61 Å². The van der Waals surface area contributed by atoms with Crippen molar-refractivity contribution < 1.29 is 8.83 Å². The van der Waals surface area contributed by atoms with Crippen LogP contribution in [0.15, 0.2) is 0 Å². The van der Waals surface area contributed by atoms with Crippen LogP contribution in [0.25, 0.3) is 0 Å². The molecule has 0 aromatic carbocycles. The number of aliphatic hydroxyl groups is 1. The van der Waals surface area contributed by atoms with Crippen LogP contribution in [0.3, 0.4) is 0 Å². The second kappa shape index (κ2) is 4.63. The summed E-state index contributed by atoms with van der Waals surface area (Å²) in [6.45, 7) is 0.680. The van der Waals surface area contributed by atoms with E-state index in [4.69, 9.17) is 8.83 Å². The van der Waals surface area contributed by atoms with Crippen LogP contribution < -0.4 is 0 Å². The first-order valence-corrected chi connectivity index (χ1v) is 6.70. The van der Waals surface area contributed by atoms with Gasteiger partial charge in [-0.2, -0.15) is 0 Å². The van der Waals surface area contributed by atoms with Crippen LogP contribution in [0.1, 0.15) is 0 Å². The van der Waals surface area contributed by atoms with Gasteiger partial charge in [-0.3, -0.25) is 0 Å². The normalized spacial score (nSPS) is 10.3. The van der Waals surface area contributed by atoms with Crippen LogP contribution in [0.5, 0.6) is 0 Å². The molecule has 0 aromatic heterocycles. The van der Waals surface area contributed by atoms with Gasteiger partial charge in [0.1, 0.15) is 0 Å². The summed E-state index contributed by atoms with van der Waals surface area (Å²) < 4.78 is 5.09. The van der Waals surface area contributed by atoms with Crippen molar-refractivity contribution in [3.05, 3.63) is 0 Å². The molecule has 0 bridgehead atoms. The third-order valence-electron chi connectivity index (χ3n) is 0.441. The van der Waals surface area contributed by atoms with Crippen molar-refractivity contribution in [1.82, 2.24) is 0 Å². The van der Waals surface area contributed by atoms with Gasteiger partial charge in [0.05, 0.1) is 0 Å². The van der Waals surface area contributed by atoms with Gasteiger partial charge < -0.3 is 0 Å². The number of rotatable bonds is 3. The molecule has 2 nitrogen and oxygen atoms in total. The molecule has 0 aliphatic heterocycles. The van der Waals surface area contributed by atoms with Gasteiger partial charge in [0, 0.05) is 0 Å². The number of hydrogen-bond acceptors (Lipinski definition) is 2. The Morgan fingerprint density at radius 2 is 2.14 bits per heavy atom. The molecule has 7 heavy (non-hydrogen) atoms. The van der Waals surface area contributed by atoms with E-state index in [1.54, 1.807) is 0 Å². The maximum atomic E-state index is 8.21. The van der Waals surface area contributed by atoms with E-state index in [0.29, 0.717) is 6.61 Å². The Hall–Kier alpha value is 0.478. The molecule has 0 fully saturated rings. The molecule has 0 spiro atoms. The molecule has 0 amide bonds. The van der Waals surface area contributed by atoms with E-state index < -0.39 is 15.0 Å². The van der Waals surface area contributed by atoms with Crippen molar-refractivity contribution in [2.45, 2.75) is 11.4 Å². The first-order valence-electron chi connectivity index (χ1n) is 2.18. The molecule has 0 rings (SSSR count). The van der Waals surface area contributed by atoms with Crippen LogP contribution >= 0.6 is 0 Å². The summed E-state index contributed by atoms with van der Waals surface area (Å²) in [6, 6.07) is 0. The summed E-state index contributed by atoms with van der Waals surface area (Å²) in [6.07, 6.45) is 0. The Bertz CT molecular complexity index is 38.7. The van der Waals surface area contributed by atoms with Gasteiger partial charge in [0.2, 0.25) is 0 Å². The van der Waals surface area contributed by atoms with Gasteiger partial charge >= 0.3 is 48.5 Å². The van der Waals surface area contributed by atoms with Crippen LogP contribution in [0, 0.1) is 0 Å². The average Bonchev–Trinajstić information content (AvgIpc) is 1.61. The fraction of sp³-hybridized carbons (Fsp3) is 1.00. The van der Waals surface area contributed by atoms with E-state index in [1.165, 1.54) is 0 Å². The van der Waals surface area contributed by atoms with Crippen molar-refractivity contribution in [3.8, 4) is 0 Å². The summed E-state index contributed by atoms with van der Waals surface area (Å²) in [5.41, 5.74) is 4.17. The summed E-state index contributed by atoms with van der Waals surface area (Å²) in [4.78, 5) is 0. The van der Waals surface area contributed by atoms with Crippen molar-refractivity contribution in [3.63, 3.8) is 0 Å². The molecule has 0 aliphatic carbocycles. The van der Waals surface area contributed by atoms with E-state index in [0.717, 1.165) is 0 Å². The van der Waals surface area contributed by atoms with Gasteiger partial charge in [-0.1, -0.05) is 0 Å². The molecule has 0 unspecified atom stereocenters. The van der Waals surface area contributed by atoms with E-state index in [9.17, 15) is 0 Å². The predicted octanol–water partition coefficient (Wildman–Crippen LogP) is 0.246. The third kappa shape index (κ3) is 6.48. The monoisotopic (exact) mass is 166 g/mol. The van der Waals surface area contributed by atoms with Gasteiger partial charge in [-0.25, -0.2) is 0 Å². The Morgan fingerprint density at radius 1 is 1.57 bits per heavy atom. The summed E-state index contributed by atoms with van der Waals surface area (Å²) in [5, 5.41) is 8.21. The quantitative estimate of drug-likeness (QED) is 0.609. The summed E-state index contributed by atoms with van der Waals surface area (Å²) >= 11 is -0.903. The second-order valence-electron chi connectivity index (χ2n) is 1.37. The van der Waals surface area contributed by atoms with Crippen molar-refractivity contribution in [2.24, 2.45) is 0 Å². The molecule has 0 saturated heterocycles. The first-order chi connectivity index (χ1) is 3.27. The maximum absolute atomic E-state index is 8.21. The SMILES string of the molecule is C[As](C)OCCO. The number of aliphatic hydroxyl groups excluding tert-OH is 1. The molecule has 1 N–H and O–H groups in total. The summed E-state index contributed by atoms with van der Waals surface area (Å²) in [5.74, 6) is 0. The van der Waals surface area contributed by atoms with Crippen LogP contribution in [0.4, 0.5) is 0 Å². The Labute approximate surface area is 49.1 Å². The minimum absolute atomic E-state index is 0.160. The van der Waals surface area contributed by atoms with E-state index in [1.807, 2.05) is 0 Å². The van der Waals surface area contributed by atoms with Gasteiger partial charge in [-0.05, 0) is 0 Å².